The minimum atomic E-state index is -0.502. The third kappa shape index (κ3) is 3.14. The van der Waals surface area contributed by atoms with E-state index in [2.05, 4.69) is 15.4 Å². The van der Waals surface area contributed by atoms with Gasteiger partial charge in [-0.05, 0) is 18.6 Å². The molecule has 1 aromatic rings. The highest BCUT2D eigenvalue weighted by Gasteiger charge is 2.25. The molecule has 2 rings (SSSR count). The number of carbonyl (C=O) groups excluding carboxylic acids is 3. The van der Waals surface area contributed by atoms with Crippen LogP contribution in [0.5, 0.6) is 0 Å². The predicted molar refractivity (Wildman–Crippen MR) is 72.1 cm³/mol. The quantitative estimate of drug-likeness (QED) is 0.805. The summed E-state index contributed by atoms with van der Waals surface area (Å²) in [6.07, 6.45) is 0.856. The van der Waals surface area contributed by atoms with Crippen molar-refractivity contribution in [3.63, 3.8) is 0 Å². The van der Waals surface area contributed by atoms with Crippen LogP contribution in [0.2, 0.25) is 0 Å². The van der Waals surface area contributed by atoms with E-state index in [-0.39, 0.29) is 17.7 Å². The van der Waals surface area contributed by atoms with Gasteiger partial charge in [0.05, 0.1) is 24.3 Å². The Morgan fingerprint density at radius 1 is 1.35 bits per heavy atom. The first-order chi connectivity index (χ1) is 9.61. The lowest BCUT2D eigenvalue weighted by Gasteiger charge is -2.22. The molecule has 0 aromatic heterocycles. The van der Waals surface area contributed by atoms with Crippen molar-refractivity contribution in [1.82, 2.24) is 5.32 Å². The zero-order valence-corrected chi connectivity index (χ0v) is 11.1. The average molecular weight is 276 g/mol. The summed E-state index contributed by atoms with van der Waals surface area (Å²) in [5.74, 6) is -1.03. The molecule has 1 aliphatic heterocycles. The lowest BCUT2D eigenvalue weighted by Crippen LogP contribution is -2.40. The van der Waals surface area contributed by atoms with E-state index < -0.39 is 5.97 Å². The normalized spacial score (nSPS) is 18.1. The minimum Gasteiger partial charge on any atom is -0.465 e. The standard InChI is InChI=1S/C14H16N2O4/c1-20-14(19)10-4-2-3-5-11(10)16-13(18)9-6-7-12(17)15-8-9/h2-5,9H,6-8H2,1H3,(H,15,17)(H,16,18). The van der Waals surface area contributed by atoms with Gasteiger partial charge in [0.2, 0.25) is 11.8 Å². The molecule has 1 atom stereocenters. The van der Waals surface area contributed by atoms with Crippen molar-refractivity contribution in [2.45, 2.75) is 12.8 Å². The molecule has 0 saturated carbocycles. The maximum atomic E-state index is 12.1. The topological polar surface area (TPSA) is 84.5 Å². The van der Waals surface area contributed by atoms with Crippen molar-refractivity contribution < 1.29 is 19.1 Å². The predicted octanol–water partition coefficient (Wildman–Crippen LogP) is 0.938. The van der Waals surface area contributed by atoms with Crippen molar-refractivity contribution in [1.29, 1.82) is 0 Å². The Morgan fingerprint density at radius 3 is 2.75 bits per heavy atom. The van der Waals surface area contributed by atoms with Crippen LogP contribution >= 0.6 is 0 Å². The van der Waals surface area contributed by atoms with Crippen molar-refractivity contribution in [2.24, 2.45) is 5.92 Å². The van der Waals surface area contributed by atoms with Gasteiger partial charge in [-0.15, -0.1) is 0 Å². The summed E-state index contributed by atoms with van der Waals surface area (Å²) in [5.41, 5.74) is 0.726. The molecule has 2 N–H and O–H groups in total. The van der Waals surface area contributed by atoms with Gasteiger partial charge < -0.3 is 15.4 Å². The first kappa shape index (κ1) is 14.0. The summed E-state index contributed by atoms with van der Waals surface area (Å²) in [4.78, 5) is 34.8. The Kier molecular flexibility index (Phi) is 4.34. The van der Waals surface area contributed by atoms with E-state index in [9.17, 15) is 14.4 Å². The van der Waals surface area contributed by atoms with E-state index in [4.69, 9.17) is 0 Å². The van der Waals surface area contributed by atoms with Gasteiger partial charge in [0.25, 0.3) is 0 Å². The Bertz CT molecular complexity index is 532. The minimum absolute atomic E-state index is 0.0380. The van der Waals surface area contributed by atoms with Gasteiger partial charge in [-0.1, -0.05) is 12.1 Å². The third-order valence-electron chi connectivity index (χ3n) is 3.23. The maximum Gasteiger partial charge on any atom is 0.339 e. The van der Waals surface area contributed by atoms with Gasteiger partial charge in [-0.3, -0.25) is 9.59 Å². The lowest BCUT2D eigenvalue weighted by molar-refractivity contribution is -0.126. The molecule has 6 nitrogen and oxygen atoms in total. The van der Waals surface area contributed by atoms with Crippen molar-refractivity contribution in [3.8, 4) is 0 Å². The fraction of sp³-hybridized carbons (Fsp3) is 0.357. The summed E-state index contributed by atoms with van der Waals surface area (Å²) in [5, 5.41) is 5.38. The Hall–Kier alpha value is -2.37. The number of nitrogens with one attached hydrogen (secondary N) is 2. The average Bonchev–Trinajstić information content (AvgIpc) is 2.47. The molecule has 0 radical (unpaired) electrons. The number of amides is 2. The van der Waals surface area contributed by atoms with Gasteiger partial charge in [0, 0.05) is 13.0 Å². The molecule has 0 spiro atoms. The smallest absolute Gasteiger partial charge is 0.339 e. The number of ether oxygens (including phenoxy) is 1. The van der Waals surface area contributed by atoms with Gasteiger partial charge in [-0.2, -0.15) is 0 Å². The number of esters is 1. The number of benzene rings is 1. The number of piperidine rings is 1. The zero-order valence-electron chi connectivity index (χ0n) is 11.1. The molecule has 1 fully saturated rings. The molecule has 6 heteroatoms. The zero-order chi connectivity index (χ0) is 14.5. The third-order valence-corrected chi connectivity index (χ3v) is 3.23. The summed E-state index contributed by atoms with van der Waals surface area (Å²) >= 11 is 0. The number of para-hydroxylation sites is 1. The van der Waals surface area contributed by atoms with Gasteiger partial charge in [-0.25, -0.2) is 4.79 Å². The van der Waals surface area contributed by atoms with Crippen LogP contribution in [0.4, 0.5) is 5.69 Å². The molecule has 1 saturated heterocycles. The monoisotopic (exact) mass is 276 g/mol. The fourth-order valence-corrected chi connectivity index (χ4v) is 2.07. The molecule has 1 aromatic carbocycles. The van der Waals surface area contributed by atoms with Crippen LogP contribution < -0.4 is 10.6 Å². The molecule has 106 valence electrons. The Balaban J connectivity index is 2.08. The lowest BCUT2D eigenvalue weighted by atomic mass is 9.98. The van der Waals surface area contributed by atoms with Crippen LogP contribution in [0, 0.1) is 5.92 Å². The molecule has 1 heterocycles. The second-order valence-corrected chi connectivity index (χ2v) is 4.57. The fourth-order valence-electron chi connectivity index (χ4n) is 2.07. The van der Waals surface area contributed by atoms with E-state index in [0.717, 1.165) is 0 Å². The van der Waals surface area contributed by atoms with Crippen LogP contribution in [-0.4, -0.2) is 31.4 Å². The van der Waals surface area contributed by atoms with Crippen molar-refractivity contribution in [2.75, 3.05) is 19.0 Å². The number of anilines is 1. The van der Waals surface area contributed by atoms with Crippen LogP contribution in [-0.2, 0) is 14.3 Å². The highest BCUT2D eigenvalue weighted by molar-refractivity contribution is 6.02. The highest BCUT2D eigenvalue weighted by Crippen LogP contribution is 2.19. The summed E-state index contributed by atoms with van der Waals surface area (Å²) in [6, 6.07) is 6.66. The molecular formula is C14H16N2O4. The van der Waals surface area contributed by atoms with Gasteiger partial charge >= 0.3 is 5.97 Å². The molecule has 2 amide bonds. The van der Waals surface area contributed by atoms with E-state index in [1.807, 2.05) is 0 Å². The summed E-state index contributed by atoms with van der Waals surface area (Å²) in [7, 11) is 1.29. The number of hydrogen-bond donors (Lipinski definition) is 2. The molecule has 0 aliphatic carbocycles. The van der Waals surface area contributed by atoms with Crippen LogP contribution in [0.25, 0.3) is 0 Å². The van der Waals surface area contributed by atoms with E-state index in [1.54, 1.807) is 24.3 Å². The number of carbonyl (C=O) groups is 3. The maximum absolute atomic E-state index is 12.1. The largest absolute Gasteiger partial charge is 0.465 e. The van der Waals surface area contributed by atoms with E-state index in [0.29, 0.717) is 30.6 Å². The summed E-state index contributed by atoms with van der Waals surface area (Å²) < 4.78 is 4.67. The van der Waals surface area contributed by atoms with Gasteiger partial charge in [0.15, 0.2) is 0 Å². The van der Waals surface area contributed by atoms with Crippen molar-refractivity contribution >= 4 is 23.5 Å². The summed E-state index contributed by atoms with van der Waals surface area (Å²) in [6.45, 7) is 0.324. The SMILES string of the molecule is COC(=O)c1ccccc1NC(=O)C1CCC(=O)NC1. The van der Waals surface area contributed by atoms with E-state index in [1.165, 1.54) is 7.11 Å². The Morgan fingerprint density at radius 2 is 2.10 bits per heavy atom. The molecule has 0 bridgehead atoms. The Labute approximate surface area is 116 Å². The number of hydrogen-bond acceptors (Lipinski definition) is 4. The van der Waals surface area contributed by atoms with Crippen molar-refractivity contribution in [3.05, 3.63) is 29.8 Å². The van der Waals surface area contributed by atoms with Crippen LogP contribution in [0.15, 0.2) is 24.3 Å². The first-order valence-corrected chi connectivity index (χ1v) is 6.36. The first-order valence-electron chi connectivity index (χ1n) is 6.36. The molecule has 1 aliphatic rings. The molecular weight excluding hydrogens is 260 g/mol. The second-order valence-electron chi connectivity index (χ2n) is 4.57. The van der Waals surface area contributed by atoms with Gasteiger partial charge in [0.1, 0.15) is 0 Å². The van der Waals surface area contributed by atoms with Crippen LogP contribution in [0.3, 0.4) is 0 Å². The number of methoxy groups -OCH3 is 1. The highest BCUT2D eigenvalue weighted by atomic mass is 16.5. The second kappa shape index (κ2) is 6.18. The molecule has 1 unspecified atom stereocenters. The molecule has 20 heavy (non-hydrogen) atoms. The van der Waals surface area contributed by atoms with E-state index >= 15 is 0 Å². The van der Waals surface area contributed by atoms with Crippen LogP contribution in [0.1, 0.15) is 23.2 Å². The number of rotatable bonds is 3.